The van der Waals surface area contributed by atoms with Gasteiger partial charge in [0.15, 0.2) is 37.6 Å². The predicted octanol–water partition coefficient (Wildman–Crippen LogP) is -3.44. The Hall–Kier alpha value is -1.87. The molecule has 528 valence electrons. The maximum absolute atomic E-state index is 15.9. The van der Waals surface area contributed by atoms with E-state index < -0.39 is 232 Å². The molecule has 36 atom stereocenters. The fourth-order valence-electron chi connectivity index (χ4n) is 18.7. The SMILES string of the molecule is C[C@@H]1O[C@@H](O[C@H]2[C@@H](O)[C@H](O[C@H]3[C@H](O[C@@H]4OC[C@@H](O)[C@@H](O)[C@@H]4O)[C@H](OC(=O)[C@]45CCC(C)(C)C[C@H]4C4=CC[C@@H]6[C@@]7(C)C[C@H](O)[C@H](O[C@@H]8O[C@H](CO)[C@@H](O)[C@H](O)[C@H]8O)C(C)(C)[C@@H]7CC[C@@]6(C)[C@]4(C)CC5)OC[C@H]3O)O[C@@H](C)[C@@H]2O[C@@H]2OC[C@@H](O)[C@H](O)[C@H]2O)[C@H](O)[C@H](O)[C@H]1O. The van der Waals surface area contributed by atoms with E-state index in [9.17, 15) is 81.7 Å². The van der Waals surface area contributed by atoms with Crippen LogP contribution in [0.25, 0.3) is 0 Å². The van der Waals surface area contributed by atoms with Crippen molar-refractivity contribution in [2.75, 3.05) is 26.4 Å². The minimum atomic E-state index is -2.04. The van der Waals surface area contributed by atoms with Crippen LogP contribution in [-0.4, -0.2) is 292 Å². The zero-order chi connectivity index (χ0) is 67.0. The van der Waals surface area contributed by atoms with Crippen LogP contribution in [0.3, 0.4) is 0 Å². The van der Waals surface area contributed by atoms with Crippen LogP contribution in [0.1, 0.15) is 120 Å². The number of allylic oxidation sites excluding steroid dienone is 2. The zero-order valence-electron chi connectivity index (χ0n) is 53.7. The second-order valence-corrected chi connectivity index (χ2v) is 30.7. The van der Waals surface area contributed by atoms with Crippen molar-refractivity contribution in [3.8, 4) is 0 Å². The van der Waals surface area contributed by atoms with Crippen molar-refractivity contribution in [3.05, 3.63) is 11.6 Å². The molecule has 6 saturated heterocycles. The molecule has 0 unspecified atom stereocenters. The third-order valence-electron chi connectivity index (χ3n) is 24.3. The summed E-state index contributed by atoms with van der Waals surface area (Å²) in [4.78, 5) is 15.9. The van der Waals surface area contributed by atoms with E-state index >= 15 is 4.79 Å². The molecule has 16 N–H and O–H groups in total. The van der Waals surface area contributed by atoms with E-state index in [1.54, 1.807) is 0 Å². The summed E-state index contributed by atoms with van der Waals surface area (Å²) >= 11 is 0. The molecule has 0 radical (unpaired) electrons. The summed E-state index contributed by atoms with van der Waals surface area (Å²) in [5.41, 5.74) is -2.27. The first-order chi connectivity index (χ1) is 43.0. The van der Waals surface area contributed by atoms with Crippen molar-refractivity contribution in [1.29, 1.82) is 0 Å². The van der Waals surface area contributed by atoms with Crippen LogP contribution >= 0.6 is 0 Å². The number of ether oxygens (including phenoxy) is 12. The Balaban J connectivity index is 0.873. The minimum absolute atomic E-state index is 0.0117. The van der Waals surface area contributed by atoms with E-state index in [2.05, 4.69) is 40.7 Å². The summed E-state index contributed by atoms with van der Waals surface area (Å²) < 4.78 is 73.4. The first-order valence-electron chi connectivity index (χ1n) is 32.9. The van der Waals surface area contributed by atoms with Crippen LogP contribution in [0.15, 0.2) is 11.6 Å². The molecule has 6 heterocycles. The number of esters is 1. The number of fused-ring (bicyclic) bond motifs is 7. The second-order valence-electron chi connectivity index (χ2n) is 30.7. The Bertz CT molecular complexity index is 2600. The summed E-state index contributed by atoms with van der Waals surface area (Å²) in [6.45, 7) is 15.9. The topological polar surface area (TPSA) is 452 Å². The largest absolute Gasteiger partial charge is 0.432 e. The number of hydrogen-bond acceptors (Lipinski definition) is 29. The average Bonchev–Trinajstić information content (AvgIpc) is 0.675. The van der Waals surface area contributed by atoms with Gasteiger partial charge in [0.1, 0.15) is 110 Å². The Kier molecular flexibility index (Phi) is 20.4. The smallest absolute Gasteiger partial charge is 0.315 e. The lowest BCUT2D eigenvalue weighted by atomic mass is 9.33. The maximum Gasteiger partial charge on any atom is 0.315 e. The number of carbonyl (C=O) groups is 1. The monoisotopic (exact) mass is 1320 g/mol. The average molecular weight is 1320 g/mol. The predicted molar refractivity (Wildman–Crippen MR) is 309 cm³/mol. The summed E-state index contributed by atoms with van der Waals surface area (Å²) in [6, 6.07) is 0. The van der Waals surface area contributed by atoms with Gasteiger partial charge in [0.05, 0.1) is 56.3 Å². The van der Waals surface area contributed by atoms with Crippen LogP contribution in [-0.2, 0) is 61.6 Å². The number of aliphatic hydroxyl groups is 16. The van der Waals surface area contributed by atoms with Gasteiger partial charge in [0.25, 0.3) is 0 Å². The number of hydrogen-bond donors (Lipinski definition) is 16. The van der Waals surface area contributed by atoms with Crippen LogP contribution in [0.2, 0.25) is 0 Å². The Morgan fingerprint density at radius 1 is 0.489 bits per heavy atom. The van der Waals surface area contributed by atoms with Crippen molar-refractivity contribution >= 4 is 5.97 Å². The van der Waals surface area contributed by atoms with Gasteiger partial charge in [-0.2, -0.15) is 0 Å². The molecule has 4 saturated carbocycles. The van der Waals surface area contributed by atoms with Gasteiger partial charge in [-0.25, -0.2) is 0 Å². The minimum Gasteiger partial charge on any atom is -0.432 e. The van der Waals surface area contributed by atoms with Gasteiger partial charge in [-0.05, 0) is 116 Å². The van der Waals surface area contributed by atoms with Gasteiger partial charge in [-0.15, -0.1) is 0 Å². The molecule has 5 aliphatic carbocycles. The Morgan fingerprint density at radius 2 is 1.01 bits per heavy atom. The zero-order valence-corrected chi connectivity index (χ0v) is 53.7. The summed E-state index contributed by atoms with van der Waals surface area (Å²) in [5.74, 6) is -0.986. The first-order valence-corrected chi connectivity index (χ1v) is 32.9. The number of rotatable bonds is 13. The van der Waals surface area contributed by atoms with Gasteiger partial charge < -0.3 is 139 Å². The molecule has 11 rings (SSSR count). The molecular weight excluding hydrogens is 1220 g/mol. The third kappa shape index (κ3) is 12.1. The summed E-state index contributed by atoms with van der Waals surface area (Å²) in [7, 11) is 0. The van der Waals surface area contributed by atoms with Crippen molar-refractivity contribution in [2.45, 2.75) is 298 Å². The molecular formula is C63H102O29. The molecule has 0 amide bonds. The van der Waals surface area contributed by atoms with Crippen molar-refractivity contribution in [2.24, 2.45) is 50.2 Å². The summed E-state index contributed by atoms with van der Waals surface area (Å²) in [5, 5.41) is 175. The van der Waals surface area contributed by atoms with E-state index in [-0.39, 0.29) is 28.6 Å². The quantitative estimate of drug-likeness (QED) is 0.0484. The number of aliphatic hydroxyl groups excluding tert-OH is 16. The van der Waals surface area contributed by atoms with Crippen molar-refractivity contribution < 1.29 is 143 Å². The fourth-order valence-corrected chi connectivity index (χ4v) is 18.7. The maximum atomic E-state index is 15.9. The van der Waals surface area contributed by atoms with Crippen LogP contribution in [0.5, 0.6) is 0 Å². The van der Waals surface area contributed by atoms with Gasteiger partial charge in [0, 0.05) is 0 Å². The molecule has 0 aromatic heterocycles. The molecule has 29 nitrogen and oxygen atoms in total. The van der Waals surface area contributed by atoms with E-state index in [0.29, 0.717) is 44.9 Å². The second kappa shape index (κ2) is 26.3. The van der Waals surface area contributed by atoms with Crippen LogP contribution < -0.4 is 0 Å². The van der Waals surface area contributed by atoms with E-state index in [1.165, 1.54) is 13.8 Å². The van der Waals surface area contributed by atoms with E-state index in [1.807, 2.05) is 13.8 Å². The van der Waals surface area contributed by atoms with E-state index in [0.717, 1.165) is 18.4 Å². The molecule has 11 aliphatic rings. The molecule has 0 bridgehead atoms. The highest BCUT2D eigenvalue weighted by molar-refractivity contribution is 5.79. The summed E-state index contributed by atoms with van der Waals surface area (Å²) in [6.07, 6.45) is -39.4. The van der Waals surface area contributed by atoms with Gasteiger partial charge >= 0.3 is 5.97 Å². The molecule has 0 aromatic rings. The third-order valence-corrected chi connectivity index (χ3v) is 24.3. The molecule has 6 aliphatic heterocycles. The van der Waals surface area contributed by atoms with Crippen molar-refractivity contribution in [3.63, 3.8) is 0 Å². The van der Waals surface area contributed by atoms with Gasteiger partial charge in [-0.1, -0.05) is 60.1 Å². The van der Waals surface area contributed by atoms with Crippen LogP contribution in [0, 0.1) is 50.2 Å². The molecule has 0 spiro atoms. The molecule has 10 fully saturated rings. The van der Waals surface area contributed by atoms with Crippen molar-refractivity contribution in [1.82, 2.24) is 0 Å². The Morgan fingerprint density at radius 3 is 1.64 bits per heavy atom. The first kappa shape index (κ1) is 71.4. The molecule has 92 heavy (non-hydrogen) atoms. The van der Waals surface area contributed by atoms with E-state index in [4.69, 9.17) is 56.8 Å². The molecule has 29 heteroatoms. The lowest BCUT2D eigenvalue weighted by Gasteiger charge is -2.71. The fraction of sp³-hybridized carbons (Fsp3) is 0.952. The lowest BCUT2D eigenvalue weighted by molar-refractivity contribution is -0.396. The highest BCUT2D eigenvalue weighted by atomic mass is 16.8. The normalized spacial score (nSPS) is 55.2. The highest BCUT2D eigenvalue weighted by Gasteiger charge is 2.71. The standard InChI is InChI=1S/C63H102O29/c1-24-35(69)39(73)43(77)53(84-24)89-48-45(79)55(85-25(2)46(48)87-51-41(75)36(70)29(66)21-81-51)88-47-31(68)23-83-56(49(47)90-52-42(76)37(71)30(67)22-82-52)92-57(80)63-16-14-58(3,4)18-27(63)26-10-11-34-60(7)19-28(65)50(91-54-44(78)40(74)38(72)32(20-64)86-54)59(5,6)33(60)12-13-62(34,9)61(26,8)15-17-63/h10,24-25,27-56,64-79H,11-23H2,1-9H3/t24-,25-,27-,28-,29+,30+,31+,32+,33-,34+,35-,36-,37+,38+,39+,40-,41+,42-,43+,44+,45+,46-,47+,48-,49-,50-,51-,52-,53-,54-,55-,56-,60-,61+,62+,63-/m0/s1. The number of carbonyl (C=O) groups excluding carboxylic acids is 1. The van der Waals surface area contributed by atoms with Gasteiger partial charge in [0.2, 0.25) is 6.29 Å². The lowest BCUT2D eigenvalue weighted by Crippen LogP contribution is -2.68. The Labute approximate surface area is 534 Å². The highest BCUT2D eigenvalue weighted by Crippen LogP contribution is 2.76. The molecule has 0 aromatic carbocycles. The van der Waals surface area contributed by atoms with Crippen LogP contribution in [0.4, 0.5) is 0 Å². The van der Waals surface area contributed by atoms with Gasteiger partial charge in [-0.3, -0.25) is 4.79 Å².